The third-order valence-electron chi connectivity index (χ3n) is 5.12. The molecule has 0 aliphatic carbocycles. The van der Waals surface area contributed by atoms with Crippen molar-refractivity contribution in [2.75, 3.05) is 19.8 Å². The summed E-state index contributed by atoms with van der Waals surface area (Å²) < 4.78 is 22.6. The predicted octanol–water partition coefficient (Wildman–Crippen LogP) is 1.85. The molecule has 2 amide bonds. The van der Waals surface area contributed by atoms with Gasteiger partial charge < -0.3 is 34.1 Å². The predicted molar refractivity (Wildman–Crippen MR) is 140 cm³/mol. The van der Waals surface area contributed by atoms with Gasteiger partial charge in [-0.15, -0.1) is 0 Å². The number of nitrogens with zero attached hydrogens (tertiary/aromatic N) is 1. The van der Waals surface area contributed by atoms with Crippen LogP contribution in [0.1, 0.15) is 5.56 Å². The fourth-order valence-electron chi connectivity index (χ4n) is 3.27. The van der Waals surface area contributed by atoms with Crippen molar-refractivity contribution in [3.05, 3.63) is 66.2 Å². The van der Waals surface area contributed by atoms with Gasteiger partial charge in [0, 0.05) is 0 Å². The van der Waals surface area contributed by atoms with Crippen molar-refractivity contribution in [2.24, 2.45) is 0 Å². The number of para-hydroxylation sites is 1. The van der Waals surface area contributed by atoms with Crippen molar-refractivity contribution in [1.82, 2.24) is 10.2 Å². The number of hydrogen-bond donors (Lipinski definition) is 2. The van der Waals surface area contributed by atoms with Crippen LogP contribution in [0.3, 0.4) is 0 Å². The summed E-state index contributed by atoms with van der Waals surface area (Å²) in [7, 11) is 0. The molecule has 0 aromatic heterocycles. The first-order valence-electron chi connectivity index (χ1n) is 11.7. The highest BCUT2D eigenvalue weighted by atomic mass is 35.6. The van der Waals surface area contributed by atoms with Gasteiger partial charge in [-0.1, -0.05) is 83.3 Å². The van der Waals surface area contributed by atoms with E-state index in [1.54, 1.807) is 60.7 Å². The highest BCUT2D eigenvalue weighted by Gasteiger charge is 2.55. The highest BCUT2D eigenvalue weighted by molar-refractivity contribution is 6.67. The number of β-lactam (4-membered cyclic amide) rings is 1. The van der Waals surface area contributed by atoms with Crippen LogP contribution >= 0.6 is 34.8 Å². The molecule has 2 N–H and O–H groups in total. The number of halogens is 3. The van der Waals surface area contributed by atoms with Crippen LogP contribution < -0.4 is 10.1 Å². The summed E-state index contributed by atoms with van der Waals surface area (Å²) in [6.45, 7) is -2.42. The zero-order valence-corrected chi connectivity index (χ0v) is 23.2. The van der Waals surface area contributed by atoms with Gasteiger partial charge in [0.1, 0.15) is 19.0 Å². The lowest BCUT2D eigenvalue weighted by Crippen LogP contribution is -2.75. The molecular formula is C25H23Cl3N2O11. The third-order valence-corrected chi connectivity index (χ3v) is 5.45. The van der Waals surface area contributed by atoms with Crippen LogP contribution in [0, 0.1) is 0 Å². The lowest BCUT2D eigenvalue weighted by Gasteiger charge is -2.46. The first-order chi connectivity index (χ1) is 19.4. The van der Waals surface area contributed by atoms with Gasteiger partial charge in [0.05, 0.1) is 0 Å². The van der Waals surface area contributed by atoms with Crippen LogP contribution in [0.25, 0.3) is 0 Å². The molecule has 220 valence electrons. The number of likely N-dealkylation sites (tertiary alicyclic amines) is 1. The Kier molecular flexibility index (Phi) is 11.4. The van der Waals surface area contributed by atoms with E-state index in [2.05, 4.69) is 14.8 Å². The summed E-state index contributed by atoms with van der Waals surface area (Å²) in [5.41, 5.74) is 0.605. The highest BCUT2D eigenvalue weighted by Crippen LogP contribution is 2.27. The second kappa shape index (κ2) is 14.7. The SMILES string of the molecule is O=C(COc1ccccc1)N[C@@H]1C(=O)N(C(O)C(=O)OCc2ccccc2)[C@@H]1OC(=O)COC(=O)OCC(Cl)(Cl)Cl. The number of benzene rings is 2. The van der Waals surface area contributed by atoms with E-state index in [0.29, 0.717) is 16.2 Å². The Morgan fingerprint density at radius 3 is 2.20 bits per heavy atom. The first kappa shape index (κ1) is 31.7. The fourth-order valence-corrected chi connectivity index (χ4v) is 3.43. The number of carbonyl (C=O) groups excluding carboxylic acids is 5. The maximum Gasteiger partial charge on any atom is 0.508 e. The van der Waals surface area contributed by atoms with Gasteiger partial charge in [-0.3, -0.25) is 14.5 Å². The molecule has 41 heavy (non-hydrogen) atoms. The minimum Gasteiger partial charge on any atom is -0.484 e. The molecule has 2 aromatic rings. The minimum absolute atomic E-state index is 0.218. The van der Waals surface area contributed by atoms with E-state index in [0.717, 1.165) is 0 Å². The van der Waals surface area contributed by atoms with Gasteiger partial charge in [0.2, 0.25) is 16.2 Å². The van der Waals surface area contributed by atoms with E-state index in [4.69, 9.17) is 49.0 Å². The van der Waals surface area contributed by atoms with Crippen LogP contribution in [0.2, 0.25) is 0 Å². The van der Waals surface area contributed by atoms with E-state index in [1.165, 1.54) is 0 Å². The molecule has 0 bridgehead atoms. The van der Waals surface area contributed by atoms with Crippen molar-refractivity contribution in [3.63, 3.8) is 0 Å². The maximum atomic E-state index is 12.8. The Hall–Kier alpha value is -3.78. The van der Waals surface area contributed by atoms with Crippen molar-refractivity contribution in [3.8, 4) is 5.75 Å². The number of ether oxygens (including phenoxy) is 5. The first-order valence-corrected chi connectivity index (χ1v) is 12.8. The van der Waals surface area contributed by atoms with Crippen LogP contribution in [-0.4, -0.2) is 82.0 Å². The van der Waals surface area contributed by atoms with Crippen molar-refractivity contribution >= 4 is 64.7 Å². The average Bonchev–Trinajstić information content (AvgIpc) is 2.95. The normalized spacial score (nSPS) is 17.0. The summed E-state index contributed by atoms with van der Waals surface area (Å²) in [5, 5.41) is 12.8. The number of aliphatic hydroxyl groups is 1. The summed E-state index contributed by atoms with van der Waals surface area (Å²) in [6.07, 6.45) is -5.26. The number of carbonyl (C=O) groups is 5. The second-order valence-corrected chi connectivity index (χ2v) is 10.7. The minimum atomic E-state index is -2.20. The Labute approximate surface area is 248 Å². The molecule has 2 aromatic carbocycles. The Bertz CT molecular complexity index is 1230. The van der Waals surface area contributed by atoms with Gasteiger partial charge in [0.15, 0.2) is 19.3 Å². The molecule has 13 nitrogen and oxygen atoms in total. The van der Waals surface area contributed by atoms with E-state index < -0.39 is 72.0 Å². The molecule has 16 heteroatoms. The van der Waals surface area contributed by atoms with Gasteiger partial charge >= 0.3 is 18.1 Å². The molecule has 0 radical (unpaired) electrons. The largest absolute Gasteiger partial charge is 0.508 e. The van der Waals surface area contributed by atoms with Crippen LogP contribution in [0.5, 0.6) is 5.75 Å². The topological polar surface area (TPSA) is 167 Å². The van der Waals surface area contributed by atoms with Crippen LogP contribution in [0.4, 0.5) is 4.79 Å². The van der Waals surface area contributed by atoms with E-state index in [9.17, 15) is 29.1 Å². The zero-order valence-electron chi connectivity index (χ0n) is 20.9. The van der Waals surface area contributed by atoms with Crippen molar-refractivity contribution < 1.29 is 52.8 Å². The van der Waals surface area contributed by atoms with Gasteiger partial charge in [-0.25, -0.2) is 14.4 Å². The number of aliphatic hydroxyl groups excluding tert-OH is 1. The fraction of sp³-hybridized carbons (Fsp3) is 0.320. The average molecular weight is 634 g/mol. The van der Waals surface area contributed by atoms with Crippen LogP contribution in [0.15, 0.2) is 60.7 Å². The van der Waals surface area contributed by atoms with E-state index in [1.807, 2.05) is 0 Å². The molecule has 1 aliphatic heterocycles. The lowest BCUT2D eigenvalue weighted by atomic mass is 10.0. The monoisotopic (exact) mass is 632 g/mol. The molecule has 1 unspecified atom stereocenters. The van der Waals surface area contributed by atoms with E-state index in [-0.39, 0.29) is 6.61 Å². The Balaban J connectivity index is 1.61. The van der Waals surface area contributed by atoms with Crippen molar-refractivity contribution in [2.45, 2.75) is 28.9 Å². The van der Waals surface area contributed by atoms with Gasteiger partial charge in [-0.05, 0) is 17.7 Å². The summed E-state index contributed by atoms with van der Waals surface area (Å²) in [6, 6.07) is 15.3. The van der Waals surface area contributed by atoms with Gasteiger partial charge in [0.25, 0.3) is 11.8 Å². The molecular weight excluding hydrogens is 611 g/mol. The smallest absolute Gasteiger partial charge is 0.484 e. The number of rotatable bonds is 12. The molecule has 1 heterocycles. The molecule has 0 saturated carbocycles. The van der Waals surface area contributed by atoms with Crippen LogP contribution in [-0.2, 0) is 44.7 Å². The molecule has 3 rings (SSSR count). The standard InChI is InChI=1S/C25H23Cl3N2O11/c26-25(27,28)14-40-24(36)39-13-18(32)41-22-19(29-17(31)12-37-16-9-5-2-6-10-16)20(33)30(22)21(34)23(35)38-11-15-7-3-1-4-8-15/h1-10,19,21-22,34H,11-14H2,(H,29,31)/t19-,21?,22-/m1/s1. The number of hydrogen-bond acceptors (Lipinski definition) is 11. The zero-order chi connectivity index (χ0) is 30.0. The molecule has 1 fully saturated rings. The molecule has 0 spiro atoms. The van der Waals surface area contributed by atoms with Gasteiger partial charge in [-0.2, -0.15) is 0 Å². The third kappa shape index (κ3) is 9.97. The molecule has 1 aliphatic rings. The maximum absolute atomic E-state index is 12.8. The molecule has 3 atom stereocenters. The quantitative estimate of drug-likeness (QED) is 0.152. The Morgan fingerprint density at radius 2 is 1.56 bits per heavy atom. The summed E-state index contributed by atoms with van der Waals surface area (Å²) in [5.74, 6) is -3.83. The number of alkyl halides is 3. The number of nitrogens with one attached hydrogen (secondary N) is 1. The second-order valence-electron chi connectivity index (χ2n) is 8.18. The van der Waals surface area contributed by atoms with E-state index >= 15 is 0 Å². The number of amides is 2. The summed E-state index contributed by atoms with van der Waals surface area (Å²) >= 11 is 16.4. The summed E-state index contributed by atoms with van der Waals surface area (Å²) in [4.78, 5) is 62.1. The molecule has 1 saturated heterocycles. The Morgan fingerprint density at radius 1 is 0.927 bits per heavy atom. The number of esters is 2. The lowest BCUT2D eigenvalue weighted by molar-refractivity contribution is -0.221. The van der Waals surface area contributed by atoms with Crippen molar-refractivity contribution in [1.29, 1.82) is 0 Å².